The monoisotopic (exact) mass is 222 g/mol. The van der Waals surface area contributed by atoms with Crippen LogP contribution in [0, 0.1) is 0 Å². The fourth-order valence-corrected chi connectivity index (χ4v) is 2.11. The van der Waals surface area contributed by atoms with Crippen molar-refractivity contribution in [1.29, 1.82) is 0 Å². The number of carbonyl (C=O) groups is 1. The molecule has 80 valence electrons. The van der Waals surface area contributed by atoms with Crippen molar-refractivity contribution < 1.29 is 4.79 Å². The van der Waals surface area contributed by atoms with Crippen molar-refractivity contribution in [2.75, 3.05) is 0 Å². The van der Waals surface area contributed by atoms with Crippen LogP contribution < -0.4 is 10.6 Å². The van der Waals surface area contributed by atoms with E-state index in [0.29, 0.717) is 0 Å². The van der Waals surface area contributed by atoms with Crippen LogP contribution in [0.15, 0.2) is 30.3 Å². The second-order valence-electron chi connectivity index (χ2n) is 3.79. The normalized spacial score (nSPS) is 30.5. The molecule has 0 aromatic heterocycles. The standard InChI is InChI=1S/C11H14N2OS/c1-7-10(15)9(13-11(14)12-7)8-5-3-2-4-6-8/h2-7,9-10,15H,1H3,(H2,12,13,14)/t7-,9+,10-/m1/s1. The van der Waals surface area contributed by atoms with Crippen LogP contribution in [0.25, 0.3) is 0 Å². The number of hydrogen-bond donors (Lipinski definition) is 3. The minimum Gasteiger partial charge on any atom is -0.334 e. The van der Waals surface area contributed by atoms with E-state index < -0.39 is 0 Å². The number of urea groups is 1. The Hall–Kier alpha value is -1.16. The summed E-state index contributed by atoms with van der Waals surface area (Å²) in [6.07, 6.45) is 0. The molecule has 0 saturated carbocycles. The quantitative estimate of drug-likeness (QED) is 0.622. The van der Waals surface area contributed by atoms with E-state index >= 15 is 0 Å². The molecule has 1 aromatic carbocycles. The molecule has 2 amide bonds. The Bertz CT molecular complexity index is 355. The Balaban J connectivity index is 2.24. The average molecular weight is 222 g/mol. The Morgan fingerprint density at radius 2 is 1.87 bits per heavy atom. The molecule has 0 aliphatic carbocycles. The summed E-state index contributed by atoms with van der Waals surface area (Å²) in [5.41, 5.74) is 1.10. The summed E-state index contributed by atoms with van der Waals surface area (Å²) in [6, 6.07) is 9.85. The van der Waals surface area contributed by atoms with Gasteiger partial charge in [-0.25, -0.2) is 4.79 Å². The smallest absolute Gasteiger partial charge is 0.315 e. The molecule has 0 radical (unpaired) electrons. The van der Waals surface area contributed by atoms with Gasteiger partial charge >= 0.3 is 6.03 Å². The van der Waals surface area contributed by atoms with Gasteiger partial charge in [-0.1, -0.05) is 30.3 Å². The highest BCUT2D eigenvalue weighted by Crippen LogP contribution is 2.25. The van der Waals surface area contributed by atoms with Gasteiger partial charge in [0.2, 0.25) is 0 Å². The lowest BCUT2D eigenvalue weighted by molar-refractivity contribution is 0.223. The lowest BCUT2D eigenvalue weighted by Crippen LogP contribution is -2.56. The minimum atomic E-state index is -0.123. The molecule has 1 aliphatic heterocycles. The van der Waals surface area contributed by atoms with Crippen molar-refractivity contribution in [3.05, 3.63) is 35.9 Å². The van der Waals surface area contributed by atoms with Crippen LogP contribution in [0.2, 0.25) is 0 Å². The molecule has 1 saturated heterocycles. The Kier molecular flexibility index (Phi) is 2.86. The summed E-state index contributed by atoms with van der Waals surface area (Å²) in [5.74, 6) is 0. The van der Waals surface area contributed by atoms with Crippen molar-refractivity contribution >= 4 is 18.7 Å². The summed E-state index contributed by atoms with van der Waals surface area (Å²) < 4.78 is 0. The lowest BCUT2D eigenvalue weighted by atomic mass is 9.98. The summed E-state index contributed by atoms with van der Waals surface area (Å²) in [5, 5.41) is 5.78. The Morgan fingerprint density at radius 1 is 1.20 bits per heavy atom. The largest absolute Gasteiger partial charge is 0.334 e. The predicted molar refractivity (Wildman–Crippen MR) is 63.1 cm³/mol. The maximum atomic E-state index is 11.3. The van der Waals surface area contributed by atoms with Gasteiger partial charge in [0.1, 0.15) is 0 Å². The van der Waals surface area contributed by atoms with Crippen molar-refractivity contribution in [2.45, 2.75) is 24.3 Å². The first-order chi connectivity index (χ1) is 7.18. The van der Waals surface area contributed by atoms with E-state index in [1.165, 1.54) is 0 Å². The Labute approximate surface area is 94.7 Å². The molecule has 3 nitrogen and oxygen atoms in total. The van der Waals surface area contributed by atoms with Gasteiger partial charge in [0.15, 0.2) is 0 Å². The van der Waals surface area contributed by atoms with E-state index in [0.717, 1.165) is 5.56 Å². The second kappa shape index (κ2) is 4.14. The van der Waals surface area contributed by atoms with Gasteiger partial charge in [0.25, 0.3) is 0 Å². The van der Waals surface area contributed by atoms with Crippen molar-refractivity contribution in [2.24, 2.45) is 0 Å². The average Bonchev–Trinajstić information content (AvgIpc) is 2.24. The van der Waals surface area contributed by atoms with Gasteiger partial charge in [-0.15, -0.1) is 0 Å². The van der Waals surface area contributed by atoms with Crippen LogP contribution in [0.3, 0.4) is 0 Å². The third kappa shape index (κ3) is 2.09. The van der Waals surface area contributed by atoms with Crippen molar-refractivity contribution in [3.63, 3.8) is 0 Å². The summed E-state index contributed by atoms with van der Waals surface area (Å²) in [4.78, 5) is 11.3. The first-order valence-electron chi connectivity index (χ1n) is 4.98. The highest BCUT2D eigenvalue weighted by atomic mass is 32.1. The first-order valence-corrected chi connectivity index (χ1v) is 5.50. The molecule has 1 aliphatic rings. The zero-order valence-corrected chi connectivity index (χ0v) is 9.37. The molecular formula is C11H14N2OS. The van der Waals surface area contributed by atoms with Gasteiger partial charge in [-0.2, -0.15) is 12.6 Å². The van der Waals surface area contributed by atoms with Gasteiger partial charge < -0.3 is 10.6 Å². The topological polar surface area (TPSA) is 41.1 Å². The van der Waals surface area contributed by atoms with E-state index in [-0.39, 0.29) is 23.4 Å². The third-order valence-electron chi connectivity index (χ3n) is 2.66. The van der Waals surface area contributed by atoms with E-state index in [9.17, 15) is 4.79 Å². The molecule has 0 bridgehead atoms. The number of benzene rings is 1. The number of rotatable bonds is 1. The highest BCUT2D eigenvalue weighted by molar-refractivity contribution is 7.81. The molecule has 1 heterocycles. The maximum Gasteiger partial charge on any atom is 0.315 e. The van der Waals surface area contributed by atoms with Crippen LogP contribution in [-0.4, -0.2) is 17.3 Å². The first kappa shape index (κ1) is 10.4. The third-order valence-corrected chi connectivity index (χ3v) is 3.40. The molecule has 15 heavy (non-hydrogen) atoms. The molecule has 1 fully saturated rings. The van der Waals surface area contributed by atoms with E-state index in [4.69, 9.17) is 0 Å². The zero-order valence-electron chi connectivity index (χ0n) is 8.47. The fraction of sp³-hybridized carbons (Fsp3) is 0.364. The van der Waals surface area contributed by atoms with Crippen molar-refractivity contribution in [3.8, 4) is 0 Å². The number of thiol groups is 1. The van der Waals surface area contributed by atoms with E-state index in [1.807, 2.05) is 37.3 Å². The van der Waals surface area contributed by atoms with Crippen molar-refractivity contribution in [1.82, 2.24) is 10.6 Å². The van der Waals surface area contributed by atoms with E-state index in [1.54, 1.807) is 0 Å². The summed E-state index contributed by atoms with van der Waals surface area (Å²) in [6.45, 7) is 1.96. The summed E-state index contributed by atoms with van der Waals surface area (Å²) in [7, 11) is 0. The molecular weight excluding hydrogens is 208 g/mol. The number of amides is 2. The van der Waals surface area contributed by atoms with Gasteiger partial charge in [-0.05, 0) is 12.5 Å². The minimum absolute atomic E-state index is 0.0155. The lowest BCUT2D eigenvalue weighted by Gasteiger charge is -2.35. The molecule has 4 heteroatoms. The molecule has 3 atom stereocenters. The molecule has 2 rings (SSSR count). The Morgan fingerprint density at radius 3 is 2.53 bits per heavy atom. The SMILES string of the molecule is C[C@H]1NC(=O)N[C@@H](c2ccccc2)[C@@H]1S. The zero-order chi connectivity index (χ0) is 10.8. The summed E-state index contributed by atoms with van der Waals surface area (Å²) >= 11 is 4.53. The maximum absolute atomic E-state index is 11.3. The van der Waals surface area contributed by atoms with Crippen LogP contribution in [0.5, 0.6) is 0 Å². The fourth-order valence-electron chi connectivity index (χ4n) is 1.79. The second-order valence-corrected chi connectivity index (χ2v) is 4.38. The van der Waals surface area contributed by atoms with Crippen LogP contribution in [0.1, 0.15) is 18.5 Å². The number of hydrogen-bond acceptors (Lipinski definition) is 2. The van der Waals surface area contributed by atoms with Crippen LogP contribution in [-0.2, 0) is 0 Å². The van der Waals surface area contributed by atoms with E-state index in [2.05, 4.69) is 23.3 Å². The highest BCUT2D eigenvalue weighted by Gasteiger charge is 2.31. The number of nitrogens with one attached hydrogen (secondary N) is 2. The molecule has 1 aromatic rings. The molecule has 2 N–H and O–H groups in total. The van der Waals surface area contributed by atoms with Gasteiger partial charge in [-0.3, -0.25) is 0 Å². The molecule has 0 spiro atoms. The van der Waals surface area contributed by atoms with Gasteiger partial charge in [0.05, 0.1) is 6.04 Å². The molecule has 0 unspecified atom stereocenters. The number of carbonyl (C=O) groups excluding carboxylic acids is 1. The van der Waals surface area contributed by atoms with Gasteiger partial charge in [0, 0.05) is 11.3 Å². The van der Waals surface area contributed by atoms with Crippen LogP contribution in [0.4, 0.5) is 4.79 Å². The predicted octanol–water partition coefficient (Wildman–Crippen LogP) is 1.73. The van der Waals surface area contributed by atoms with Crippen LogP contribution >= 0.6 is 12.6 Å².